The van der Waals surface area contributed by atoms with E-state index in [-0.39, 0.29) is 17.4 Å². The minimum absolute atomic E-state index is 0.0865. The fourth-order valence-corrected chi connectivity index (χ4v) is 3.28. The number of nitrogens with zero attached hydrogens (tertiary/aromatic N) is 1. The molecule has 6 heteroatoms. The molecule has 0 aliphatic heterocycles. The molecular formula is C19H36N4O2. The summed E-state index contributed by atoms with van der Waals surface area (Å²) in [5.74, 6) is 1.27. The van der Waals surface area contributed by atoms with E-state index in [2.05, 4.69) is 29.8 Å². The van der Waals surface area contributed by atoms with Crippen molar-refractivity contribution in [3.63, 3.8) is 0 Å². The zero-order valence-electron chi connectivity index (χ0n) is 16.0. The highest BCUT2D eigenvalue weighted by Gasteiger charge is 2.32. The molecule has 3 N–H and O–H groups in total. The summed E-state index contributed by atoms with van der Waals surface area (Å²) in [4.78, 5) is 16.4. The highest BCUT2D eigenvalue weighted by atomic mass is 16.5. The summed E-state index contributed by atoms with van der Waals surface area (Å²) in [6.07, 6.45) is 9.12. The molecule has 0 heterocycles. The second-order valence-corrected chi connectivity index (χ2v) is 7.28. The fraction of sp³-hybridized carbons (Fsp3) is 0.895. The Hall–Kier alpha value is -1.30. The molecule has 2 fully saturated rings. The molecular weight excluding hydrogens is 316 g/mol. The molecule has 0 aromatic carbocycles. The first-order valence-electron chi connectivity index (χ1n) is 10.1. The highest BCUT2D eigenvalue weighted by Crippen LogP contribution is 2.32. The van der Waals surface area contributed by atoms with Gasteiger partial charge in [-0.2, -0.15) is 0 Å². The van der Waals surface area contributed by atoms with Crippen LogP contribution in [0.3, 0.4) is 0 Å². The largest absolute Gasteiger partial charge is 0.373 e. The van der Waals surface area contributed by atoms with Crippen LogP contribution in [0.4, 0.5) is 0 Å². The molecule has 0 spiro atoms. The maximum Gasteiger partial charge on any atom is 0.223 e. The van der Waals surface area contributed by atoms with Crippen molar-refractivity contribution < 1.29 is 9.53 Å². The van der Waals surface area contributed by atoms with Crippen LogP contribution in [0.1, 0.15) is 65.2 Å². The second-order valence-electron chi connectivity index (χ2n) is 7.28. The van der Waals surface area contributed by atoms with Crippen molar-refractivity contribution in [1.29, 1.82) is 0 Å². The second kappa shape index (κ2) is 10.6. The zero-order valence-corrected chi connectivity index (χ0v) is 16.0. The average molecular weight is 353 g/mol. The van der Waals surface area contributed by atoms with Crippen molar-refractivity contribution in [2.24, 2.45) is 10.9 Å². The van der Waals surface area contributed by atoms with Crippen LogP contribution < -0.4 is 16.0 Å². The van der Waals surface area contributed by atoms with Gasteiger partial charge in [-0.1, -0.05) is 26.2 Å². The molecule has 1 amide bonds. The van der Waals surface area contributed by atoms with Crippen molar-refractivity contribution in [2.45, 2.75) is 70.8 Å². The summed E-state index contributed by atoms with van der Waals surface area (Å²) in [6, 6.07) is 0. The minimum atomic E-state index is -0.0865. The molecule has 0 bridgehead atoms. The Bertz CT molecular complexity index is 429. The molecule has 0 aromatic heterocycles. The Morgan fingerprint density at radius 1 is 1.08 bits per heavy atom. The molecule has 2 aliphatic rings. The summed E-state index contributed by atoms with van der Waals surface area (Å²) < 4.78 is 6.22. The van der Waals surface area contributed by atoms with Crippen LogP contribution in [0.2, 0.25) is 0 Å². The standard InChI is InChI=1S/C19H36N4O2/c1-3-14-25-19(10-6-5-7-11-19)15-23-18(20-4-2)22-13-12-21-17(24)16-8-9-16/h16H,3-15H2,1-2H3,(H,21,24)(H2,20,22,23). The van der Waals surface area contributed by atoms with Gasteiger partial charge >= 0.3 is 0 Å². The molecule has 144 valence electrons. The number of hydrogen-bond donors (Lipinski definition) is 3. The Morgan fingerprint density at radius 2 is 1.80 bits per heavy atom. The van der Waals surface area contributed by atoms with Gasteiger partial charge in [-0.3, -0.25) is 9.79 Å². The summed E-state index contributed by atoms with van der Waals surface area (Å²) in [7, 11) is 0. The van der Waals surface area contributed by atoms with E-state index in [1.54, 1.807) is 0 Å². The quantitative estimate of drug-likeness (QED) is 0.320. The lowest BCUT2D eigenvalue weighted by Gasteiger charge is -2.36. The monoisotopic (exact) mass is 352 g/mol. The molecule has 2 rings (SSSR count). The summed E-state index contributed by atoms with van der Waals surface area (Å²) in [6.45, 7) is 7.88. The van der Waals surface area contributed by atoms with Crippen molar-refractivity contribution >= 4 is 11.9 Å². The lowest BCUT2D eigenvalue weighted by atomic mass is 9.84. The third kappa shape index (κ3) is 7.22. The van der Waals surface area contributed by atoms with Gasteiger partial charge in [0.2, 0.25) is 5.91 Å². The fourth-order valence-electron chi connectivity index (χ4n) is 3.28. The smallest absolute Gasteiger partial charge is 0.223 e. The number of aliphatic imine (C=N–C) groups is 1. The van der Waals surface area contributed by atoms with Crippen molar-refractivity contribution in [1.82, 2.24) is 16.0 Å². The van der Waals surface area contributed by atoms with Gasteiger partial charge in [0.1, 0.15) is 0 Å². The Morgan fingerprint density at radius 3 is 2.44 bits per heavy atom. The number of guanidine groups is 1. The number of nitrogens with one attached hydrogen (secondary N) is 3. The Labute approximate surface area is 152 Å². The van der Waals surface area contributed by atoms with Crippen LogP contribution in [0.25, 0.3) is 0 Å². The molecule has 0 aromatic rings. The van der Waals surface area contributed by atoms with E-state index < -0.39 is 0 Å². The maximum atomic E-state index is 11.6. The first-order valence-corrected chi connectivity index (χ1v) is 10.1. The van der Waals surface area contributed by atoms with Gasteiger partial charge in [0.05, 0.1) is 12.1 Å². The first kappa shape index (κ1) is 20.0. The number of ether oxygens (including phenoxy) is 1. The third-order valence-electron chi connectivity index (χ3n) is 4.91. The van der Waals surface area contributed by atoms with E-state index in [0.29, 0.717) is 19.6 Å². The van der Waals surface area contributed by atoms with Crippen LogP contribution in [-0.2, 0) is 9.53 Å². The van der Waals surface area contributed by atoms with Gasteiger partial charge in [-0.05, 0) is 39.0 Å². The normalized spacial score (nSPS) is 20.2. The highest BCUT2D eigenvalue weighted by molar-refractivity contribution is 5.81. The van der Waals surface area contributed by atoms with Crippen LogP contribution >= 0.6 is 0 Å². The van der Waals surface area contributed by atoms with Gasteiger partial charge in [-0.25, -0.2) is 0 Å². The van der Waals surface area contributed by atoms with E-state index in [0.717, 1.165) is 51.2 Å². The lowest BCUT2D eigenvalue weighted by molar-refractivity contribution is -0.122. The molecule has 25 heavy (non-hydrogen) atoms. The lowest BCUT2D eigenvalue weighted by Crippen LogP contribution is -2.44. The van der Waals surface area contributed by atoms with Crippen LogP contribution in [-0.4, -0.2) is 50.3 Å². The number of carbonyl (C=O) groups is 1. The first-order chi connectivity index (χ1) is 12.2. The number of hydrogen-bond acceptors (Lipinski definition) is 3. The summed E-state index contributed by atoms with van der Waals surface area (Å²) >= 11 is 0. The summed E-state index contributed by atoms with van der Waals surface area (Å²) in [5.41, 5.74) is -0.0865. The number of amides is 1. The molecule has 0 unspecified atom stereocenters. The predicted molar refractivity (Wildman–Crippen MR) is 102 cm³/mol. The van der Waals surface area contributed by atoms with Crippen molar-refractivity contribution in [3.05, 3.63) is 0 Å². The van der Waals surface area contributed by atoms with Gasteiger partial charge in [-0.15, -0.1) is 0 Å². The SMILES string of the molecule is CCCOC1(CN=C(NCC)NCCNC(=O)C2CC2)CCCCC1. The minimum Gasteiger partial charge on any atom is -0.373 e. The van der Waals surface area contributed by atoms with E-state index >= 15 is 0 Å². The molecule has 2 saturated carbocycles. The molecule has 2 aliphatic carbocycles. The average Bonchev–Trinajstić information content (AvgIpc) is 3.47. The van der Waals surface area contributed by atoms with E-state index in [4.69, 9.17) is 9.73 Å². The molecule has 0 saturated heterocycles. The third-order valence-corrected chi connectivity index (χ3v) is 4.91. The van der Waals surface area contributed by atoms with Crippen LogP contribution in [0, 0.1) is 5.92 Å². The van der Waals surface area contributed by atoms with Gasteiger partial charge in [0, 0.05) is 32.2 Å². The van der Waals surface area contributed by atoms with Gasteiger partial charge in [0.15, 0.2) is 5.96 Å². The summed E-state index contributed by atoms with van der Waals surface area (Å²) in [5, 5.41) is 9.58. The Balaban J connectivity index is 1.79. The molecule has 0 atom stereocenters. The number of carbonyl (C=O) groups excluding carboxylic acids is 1. The van der Waals surface area contributed by atoms with Gasteiger partial charge in [0.25, 0.3) is 0 Å². The van der Waals surface area contributed by atoms with Crippen LogP contribution in [0.5, 0.6) is 0 Å². The maximum absolute atomic E-state index is 11.6. The van der Waals surface area contributed by atoms with Crippen LogP contribution in [0.15, 0.2) is 4.99 Å². The van der Waals surface area contributed by atoms with E-state index in [1.807, 2.05) is 0 Å². The van der Waals surface area contributed by atoms with Crippen molar-refractivity contribution in [3.8, 4) is 0 Å². The predicted octanol–water partition coefficient (Wildman–Crippen LogP) is 2.20. The Kier molecular flexibility index (Phi) is 8.52. The zero-order chi connectivity index (χ0) is 18.0. The number of rotatable bonds is 10. The topological polar surface area (TPSA) is 74.8 Å². The van der Waals surface area contributed by atoms with E-state index in [9.17, 15) is 4.79 Å². The van der Waals surface area contributed by atoms with E-state index in [1.165, 1.54) is 19.3 Å². The van der Waals surface area contributed by atoms with Gasteiger partial charge < -0.3 is 20.7 Å². The molecule has 0 radical (unpaired) electrons. The molecule has 6 nitrogen and oxygen atoms in total. The van der Waals surface area contributed by atoms with Crippen molar-refractivity contribution in [2.75, 3.05) is 32.8 Å².